The van der Waals surface area contributed by atoms with Gasteiger partial charge in [0, 0.05) is 5.56 Å². The van der Waals surface area contributed by atoms with Crippen molar-refractivity contribution >= 4 is 39.9 Å². The van der Waals surface area contributed by atoms with Gasteiger partial charge in [0.1, 0.15) is 16.4 Å². The van der Waals surface area contributed by atoms with Gasteiger partial charge in [-0.2, -0.15) is 0 Å². The Labute approximate surface area is 216 Å². The van der Waals surface area contributed by atoms with Crippen molar-refractivity contribution in [3.8, 4) is 17.2 Å². The summed E-state index contributed by atoms with van der Waals surface area (Å²) in [7, 11) is 4.11. The number of anilines is 1. The zero-order valence-corrected chi connectivity index (χ0v) is 21.5. The Morgan fingerprint density at radius 2 is 1.73 bits per heavy atom. The van der Waals surface area contributed by atoms with Crippen molar-refractivity contribution < 1.29 is 38.8 Å². The fourth-order valence-electron chi connectivity index (χ4n) is 4.16. The molecule has 192 valence electrons. The number of aliphatic hydroxyl groups is 1. The molecule has 4 rings (SSSR count). The third-order valence-corrected chi connectivity index (χ3v) is 7.13. The number of aromatic nitrogens is 1. The van der Waals surface area contributed by atoms with Crippen LogP contribution in [0.3, 0.4) is 0 Å². The molecule has 2 aromatic carbocycles. The molecule has 1 aliphatic heterocycles. The van der Waals surface area contributed by atoms with Gasteiger partial charge in [-0.25, -0.2) is 9.78 Å². The lowest BCUT2D eigenvalue weighted by Crippen LogP contribution is -2.29. The summed E-state index contributed by atoms with van der Waals surface area (Å²) in [6.45, 7) is 3.37. The summed E-state index contributed by atoms with van der Waals surface area (Å²) in [5.74, 6) is -2.35. The van der Waals surface area contributed by atoms with Gasteiger partial charge in [0.05, 0.1) is 38.6 Å². The summed E-state index contributed by atoms with van der Waals surface area (Å²) in [5.41, 5.74) is 1.52. The molecule has 10 nitrogen and oxygen atoms in total. The highest BCUT2D eigenvalue weighted by Gasteiger charge is 2.48. The third-order valence-electron chi connectivity index (χ3n) is 5.99. The number of hydrogen-bond acceptors (Lipinski definition) is 10. The minimum atomic E-state index is -1.13. The maximum atomic E-state index is 13.4. The third kappa shape index (κ3) is 4.38. The zero-order valence-electron chi connectivity index (χ0n) is 20.7. The molecule has 0 aliphatic carbocycles. The molecule has 1 fully saturated rings. The van der Waals surface area contributed by atoms with Gasteiger partial charge in [-0.05, 0) is 55.3 Å². The van der Waals surface area contributed by atoms with Gasteiger partial charge in [0.2, 0.25) is 0 Å². The van der Waals surface area contributed by atoms with Gasteiger partial charge in [-0.1, -0.05) is 17.4 Å². The van der Waals surface area contributed by atoms with E-state index in [2.05, 4.69) is 4.98 Å². The number of carbonyl (C=O) groups is 3. The number of amides is 1. The number of aromatic hydroxyl groups is 1. The standard InChI is InChI=1S/C26H24N2O8S/c1-12-10-15(7-9-17(12)34-3)21(30)19-20(14-6-8-16(29)18(11-14)35-4)28(24(32)22(19)31)26-27-13(2)23(37-26)25(33)36-5/h6-11,20,29-30H,1-5H3/t20-/m0/s1. The first kappa shape index (κ1) is 25.7. The molecule has 1 aromatic heterocycles. The van der Waals surface area contributed by atoms with Crippen LogP contribution in [0.1, 0.15) is 38.1 Å². The van der Waals surface area contributed by atoms with Crippen molar-refractivity contribution in [3.05, 3.63) is 69.2 Å². The van der Waals surface area contributed by atoms with Gasteiger partial charge < -0.3 is 24.4 Å². The number of benzene rings is 2. The Hall–Kier alpha value is -4.38. The lowest BCUT2D eigenvalue weighted by Gasteiger charge is -2.23. The summed E-state index contributed by atoms with van der Waals surface area (Å²) in [6, 6.07) is 8.06. The van der Waals surface area contributed by atoms with Crippen molar-refractivity contribution in [1.82, 2.24) is 4.98 Å². The number of phenols is 1. The molecule has 2 N–H and O–H groups in total. The van der Waals surface area contributed by atoms with Crippen LogP contribution in [-0.4, -0.2) is 54.2 Å². The Balaban J connectivity index is 1.97. The molecule has 11 heteroatoms. The Kier molecular flexibility index (Phi) is 6.90. The van der Waals surface area contributed by atoms with E-state index >= 15 is 0 Å². The number of carbonyl (C=O) groups excluding carboxylic acids is 3. The lowest BCUT2D eigenvalue weighted by molar-refractivity contribution is -0.132. The number of methoxy groups -OCH3 is 3. The molecule has 1 amide bonds. The number of aliphatic hydroxyl groups excluding tert-OH is 1. The van der Waals surface area contributed by atoms with Crippen LogP contribution >= 0.6 is 11.3 Å². The summed E-state index contributed by atoms with van der Waals surface area (Å²) in [4.78, 5) is 44.6. The first-order chi connectivity index (χ1) is 17.6. The number of thiazole rings is 1. The maximum absolute atomic E-state index is 13.4. The van der Waals surface area contributed by atoms with Crippen LogP contribution in [0.5, 0.6) is 17.2 Å². The average Bonchev–Trinajstić information content (AvgIpc) is 3.39. The molecule has 0 bridgehead atoms. The number of rotatable bonds is 6. The van der Waals surface area contributed by atoms with E-state index in [9.17, 15) is 24.6 Å². The number of esters is 1. The average molecular weight is 525 g/mol. The van der Waals surface area contributed by atoms with E-state index in [4.69, 9.17) is 14.2 Å². The van der Waals surface area contributed by atoms with Gasteiger partial charge in [-0.15, -0.1) is 0 Å². The number of nitrogens with zero attached hydrogens (tertiary/aromatic N) is 2. The van der Waals surface area contributed by atoms with Crippen LogP contribution in [0.4, 0.5) is 5.13 Å². The Bertz CT molecular complexity index is 1460. The largest absolute Gasteiger partial charge is 0.507 e. The normalized spacial score (nSPS) is 16.7. The van der Waals surface area contributed by atoms with Crippen molar-refractivity contribution in [1.29, 1.82) is 0 Å². The zero-order chi connectivity index (χ0) is 27.0. The monoisotopic (exact) mass is 524 g/mol. The molecule has 0 saturated carbocycles. The number of aryl methyl sites for hydroxylation is 2. The molecule has 1 aliphatic rings. The molecule has 37 heavy (non-hydrogen) atoms. The quantitative estimate of drug-likeness (QED) is 0.213. The summed E-state index contributed by atoms with van der Waals surface area (Å²) in [6.07, 6.45) is 0. The highest BCUT2D eigenvalue weighted by Crippen LogP contribution is 2.45. The van der Waals surface area contributed by atoms with E-state index in [0.717, 1.165) is 16.2 Å². The Morgan fingerprint density at radius 3 is 2.35 bits per heavy atom. The summed E-state index contributed by atoms with van der Waals surface area (Å²) in [5, 5.41) is 21.5. The minimum absolute atomic E-state index is 0.0713. The second kappa shape index (κ2) is 9.94. The van der Waals surface area contributed by atoms with Crippen molar-refractivity contribution in [3.63, 3.8) is 0 Å². The first-order valence-electron chi connectivity index (χ1n) is 11.0. The van der Waals surface area contributed by atoms with Crippen LogP contribution < -0.4 is 14.4 Å². The number of Topliss-reactive ketones (excluding diaryl/α,β-unsaturated/α-hetero) is 1. The smallest absolute Gasteiger partial charge is 0.350 e. The molecule has 0 radical (unpaired) electrons. The molecular formula is C26H24N2O8S. The molecule has 0 spiro atoms. The van der Waals surface area contributed by atoms with E-state index < -0.39 is 29.5 Å². The van der Waals surface area contributed by atoms with Gasteiger partial charge in [-0.3, -0.25) is 14.5 Å². The SMILES string of the molecule is COC(=O)c1sc(N2C(=O)C(=O)C(=C(O)c3ccc(OC)c(C)c3)[C@@H]2c2ccc(O)c(OC)c2)nc1C. The van der Waals surface area contributed by atoms with Gasteiger partial charge >= 0.3 is 11.9 Å². The second-order valence-electron chi connectivity index (χ2n) is 8.19. The van der Waals surface area contributed by atoms with Crippen molar-refractivity contribution in [2.24, 2.45) is 0 Å². The fourth-order valence-corrected chi connectivity index (χ4v) is 5.17. The van der Waals surface area contributed by atoms with Crippen LogP contribution in [-0.2, 0) is 14.3 Å². The summed E-state index contributed by atoms with van der Waals surface area (Å²) < 4.78 is 15.3. The molecule has 3 aromatic rings. The topological polar surface area (TPSA) is 135 Å². The molecule has 2 heterocycles. The molecule has 0 unspecified atom stereocenters. The van der Waals surface area contributed by atoms with Crippen molar-refractivity contribution in [2.75, 3.05) is 26.2 Å². The van der Waals surface area contributed by atoms with Crippen LogP contribution in [0.15, 0.2) is 42.0 Å². The van der Waals surface area contributed by atoms with E-state index in [1.807, 2.05) is 0 Å². The van der Waals surface area contributed by atoms with E-state index in [1.54, 1.807) is 32.0 Å². The summed E-state index contributed by atoms with van der Waals surface area (Å²) >= 11 is 0.890. The van der Waals surface area contributed by atoms with Gasteiger partial charge in [0.15, 0.2) is 16.6 Å². The highest BCUT2D eigenvalue weighted by molar-refractivity contribution is 7.17. The second-order valence-corrected chi connectivity index (χ2v) is 9.16. The molecule has 1 saturated heterocycles. The van der Waals surface area contributed by atoms with E-state index in [0.29, 0.717) is 28.1 Å². The van der Waals surface area contributed by atoms with E-state index in [-0.39, 0.29) is 27.1 Å². The fraction of sp³-hybridized carbons (Fsp3) is 0.231. The number of ether oxygens (including phenoxy) is 3. The number of ketones is 1. The molecule has 1 atom stereocenters. The first-order valence-corrected chi connectivity index (χ1v) is 11.8. The van der Waals surface area contributed by atoms with Crippen LogP contribution in [0.25, 0.3) is 5.76 Å². The van der Waals surface area contributed by atoms with Crippen LogP contribution in [0.2, 0.25) is 0 Å². The minimum Gasteiger partial charge on any atom is -0.507 e. The lowest BCUT2D eigenvalue weighted by atomic mass is 9.94. The predicted molar refractivity (Wildman–Crippen MR) is 135 cm³/mol. The number of phenolic OH excluding ortho intramolecular Hbond substituents is 1. The predicted octanol–water partition coefficient (Wildman–Crippen LogP) is 3.90. The Morgan fingerprint density at radius 1 is 1.03 bits per heavy atom. The van der Waals surface area contributed by atoms with Crippen molar-refractivity contribution in [2.45, 2.75) is 19.9 Å². The maximum Gasteiger partial charge on any atom is 0.350 e. The van der Waals surface area contributed by atoms with E-state index in [1.165, 1.54) is 39.5 Å². The molecular weight excluding hydrogens is 500 g/mol. The van der Waals surface area contributed by atoms with Crippen LogP contribution in [0, 0.1) is 13.8 Å². The number of hydrogen-bond donors (Lipinski definition) is 2. The highest BCUT2D eigenvalue weighted by atomic mass is 32.1. The van der Waals surface area contributed by atoms with Gasteiger partial charge in [0.25, 0.3) is 5.78 Å².